The van der Waals surface area contributed by atoms with Crippen LogP contribution in [0.25, 0.3) is 0 Å². The molecule has 92 valence electrons. The summed E-state index contributed by atoms with van der Waals surface area (Å²) in [5, 5.41) is 0.352. The second-order valence-corrected chi connectivity index (χ2v) is 5.67. The van der Waals surface area contributed by atoms with Gasteiger partial charge in [0.1, 0.15) is 0 Å². The first-order valence-corrected chi connectivity index (χ1v) is 6.78. The standard InChI is InChI=1S/C8H10BrClN2O2S.ClH/c9-8-6(10)2-1-3-7(8)15(13,14)12-5-4-11;/h1-3,12H,4-5,11H2;1H. The molecule has 0 saturated heterocycles. The fourth-order valence-electron chi connectivity index (χ4n) is 0.963. The summed E-state index contributed by atoms with van der Waals surface area (Å²) >= 11 is 8.92. The Morgan fingerprint density at radius 1 is 1.44 bits per heavy atom. The average molecular weight is 350 g/mol. The Hall–Kier alpha value is 0.150. The molecular formula is C8H11BrCl2N2O2S. The number of hydrogen-bond acceptors (Lipinski definition) is 3. The van der Waals surface area contributed by atoms with Crippen LogP contribution in [0, 0.1) is 0 Å². The highest BCUT2D eigenvalue weighted by Gasteiger charge is 2.17. The van der Waals surface area contributed by atoms with E-state index in [1.54, 1.807) is 12.1 Å². The van der Waals surface area contributed by atoms with Crippen LogP contribution < -0.4 is 10.5 Å². The van der Waals surface area contributed by atoms with Gasteiger partial charge in [-0.05, 0) is 28.1 Å². The minimum absolute atomic E-state index is 0. The van der Waals surface area contributed by atoms with E-state index in [0.29, 0.717) is 9.50 Å². The van der Waals surface area contributed by atoms with Gasteiger partial charge in [-0.2, -0.15) is 0 Å². The van der Waals surface area contributed by atoms with Gasteiger partial charge < -0.3 is 5.73 Å². The van der Waals surface area contributed by atoms with E-state index in [0.717, 1.165) is 0 Å². The molecule has 0 radical (unpaired) electrons. The van der Waals surface area contributed by atoms with Crippen molar-refractivity contribution in [1.82, 2.24) is 4.72 Å². The summed E-state index contributed by atoms with van der Waals surface area (Å²) in [6.07, 6.45) is 0. The molecule has 3 N–H and O–H groups in total. The van der Waals surface area contributed by atoms with Gasteiger partial charge in [0.05, 0.1) is 14.4 Å². The second kappa shape index (κ2) is 6.78. The van der Waals surface area contributed by atoms with Crippen LogP contribution in [0.4, 0.5) is 0 Å². The van der Waals surface area contributed by atoms with E-state index in [-0.39, 0.29) is 30.4 Å². The van der Waals surface area contributed by atoms with Crippen molar-refractivity contribution in [2.75, 3.05) is 13.1 Å². The SMILES string of the molecule is Cl.NCCNS(=O)(=O)c1cccc(Cl)c1Br. The first-order chi connectivity index (χ1) is 6.99. The minimum Gasteiger partial charge on any atom is -0.329 e. The highest BCUT2D eigenvalue weighted by Crippen LogP contribution is 2.28. The molecule has 4 nitrogen and oxygen atoms in total. The van der Waals surface area contributed by atoms with E-state index in [4.69, 9.17) is 17.3 Å². The van der Waals surface area contributed by atoms with Gasteiger partial charge in [-0.1, -0.05) is 17.7 Å². The maximum atomic E-state index is 11.7. The average Bonchev–Trinajstić information content (AvgIpc) is 2.19. The molecule has 0 amide bonds. The number of nitrogens with one attached hydrogen (secondary N) is 1. The smallest absolute Gasteiger partial charge is 0.241 e. The largest absolute Gasteiger partial charge is 0.329 e. The van der Waals surface area contributed by atoms with E-state index in [2.05, 4.69) is 20.7 Å². The van der Waals surface area contributed by atoms with Gasteiger partial charge in [0, 0.05) is 13.1 Å². The highest BCUT2D eigenvalue weighted by atomic mass is 79.9. The van der Waals surface area contributed by atoms with Crippen molar-refractivity contribution in [2.45, 2.75) is 4.90 Å². The quantitative estimate of drug-likeness (QED) is 0.869. The van der Waals surface area contributed by atoms with E-state index in [9.17, 15) is 8.42 Å². The molecule has 0 aliphatic rings. The number of benzene rings is 1. The Morgan fingerprint density at radius 3 is 2.62 bits per heavy atom. The molecule has 1 aromatic rings. The highest BCUT2D eigenvalue weighted by molar-refractivity contribution is 9.10. The van der Waals surface area contributed by atoms with Crippen molar-refractivity contribution in [1.29, 1.82) is 0 Å². The summed E-state index contributed by atoms with van der Waals surface area (Å²) in [5.74, 6) is 0. The van der Waals surface area contributed by atoms with Crippen molar-refractivity contribution in [2.24, 2.45) is 5.73 Å². The maximum Gasteiger partial charge on any atom is 0.241 e. The lowest BCUT2D eigenvalue weighted by Gasteiger charge is -2.08. The monoisotopic (exact) mass is 348 g/mol. The van der Waals surface area contributed by atoms with Gasteiger partial charge in [-0.25, -0.2) is 13.1 Å². The molecule has 8 heteroatoms. The molecule has 16 heavy (non-hydrogen) atoms. The second-order valence-electron chi connectivity index (χ2n) is 2.74. The van der Waals surface area contributed by atoms with Crippen molar-refractivity contribution < 1.29 is 8.42 Å². The van der Waals surface area contributed by atoms with Crippen LogP contribution in [-0.2, 0) is 10.0 Å². The van der Waals surface area contributed by atoms with Crippen LogP contribution in [0.2, 0.25) is 5.02 Å². The van der Waals surface area contributed by atoms with Crippen molar-refractivity contribution >= 4 is 50.0 Å². The van der Waals surface area contributed by atoms with Crippen LogP contribution in [0.5, 0.6) is 0 Å². The molecule has 0 aliphatic carbocycles. The summed E-state index contributed by atoms with van der Waals surface area (Å²) in [4.78, 5) is 0.114. The Labute approximate surface area is 114 Å². The molecule has 0 aliphatic heterocycles. The molecular weight excluding hydrogens is 339 g/mol. The van der Waals surface area contributed by atoms with Gasteiger partial charge in [-0.15, -0.1) is 12.4 Å². The molecule has 0 heterocycles. The Bertz CT molecular complexity index is 453. The van der Waals surface area contributed by atoms with Crippen molar-refractivity contribution in [3.63, 3.8) is 0 Å². The lowest BCUT2D eigenvalue weighted by Crippen LogP contribution is -2.29. The Morgan fingerprint density at radius 2 is 2.06 bits per heavy atom. The molecule has 0 bridgehead atoms. The summed E-state index contributed by atoms with van der Waals surface area (Å²) in [6, 6.07) is 4.65. The normalized spacial score (nSPS) is 10.9. The van der Waals surface area contributed by atoms with Crippen LogP contribution in [0.1, 0.15) is 0 Å². The fourth-order valence-corrected chi connectivity index (χ4v) is 3.24. The lowest BCUT2D eigenvalue weighted by molar-refractivity contribution is 0.581. The third-order valence-corrected chi connectivity index (χ3v) is 4.81. The van der Waals surface area contributed by atoms with Gasteiger partial charge in [0.2, 0.25) is 10.0 Å². The number of nitrogens with two attached hydrogens (primary N) is 1. The summed E-state index contributed by atoms with van der Waals surface area (Å²) in [6.45, 7) is 0.443. The summed E-state index contributed by atoms with van der Waals surface area (Å²) in [5.41, 5.74) is 5.22. The number of hydrogen-bond donors (Lipinski definition) is 2. The first kappa shape index (κ1) is 16.1. The van der Waals surface area contributed by atoms with Crippen LogP contribution >= 0.6 is 39.9 Å². The zero-order chi connectivity index (χ0) is 11.5. The molecule has 0 aromatic heterocycles. The fraction of sp³-hybridized carbons (Fsp3) is 0.250. The molecule has 0 unspecified atom stereocenters. The zero-order valence-corrected chi connectivity index (χ0v) is 12.1. The third kappa shape index (κ3) is 3.87. The molecule has 0 spiro atoms. The third-order valence-electron chi connectivity index (χ3n) is 1.64. The first-order valence-electron chi connectivity index (χ1n) is 4.13. The Balaban J connectivity index is 0.00000225. The van der Waals surface area contributed by atoms with E-state index in [1.807, 2.05) is 0 Å². The Kier molecular flexibility index (Phi) is 6.84. The number of sulfonamides is 1. The minimum atomic E-state index is -3.54. The number of rotatable bonds is 4. The van der Waals surface area contributed by atoms with E-state index < -0.39 is 10.0 Å². The van der Waals surface area contributed by atoms with Crippen LogP contribution in [0.3, 0.4) is 0 Å². The predicted molar refractivity (Wildman–Crippen MR) is 70.6 cm³/mol. The van der Waals surface area contributed by atoms with Gasteiger partial charge in [-0.3, -0.25) is 0 Å². The number of halogens is 3. The van der Waals surface area contributed by atoms with Crippen LogP contribution in [0.15, 0.2) is 27.6 Å². The van der Waals surface area contributed by atoms with Gasteiger partial charge in [0.15, 0.2) is 0 Å². The van der Waals surface area contributed by atoms with E-state index in [1.165, 1.54) is 6.07 Å². The van der Waals surface area contributed by atoms with Crippen molar-refractivity contribution in [3.8, 4) is 0 Å². The molecule has 0 saturated carbocycles. The van der Waals surface area contributed by atoms with Crippen LogP contribution in [-0.4, -0.2) is 21.5 Å². The summed E-state index contributed by atoms with van der Waals surface area (Å²) in [7, 11) is -3.54. The molecule has 0 atom stereocenters. The molecule has 0 fully saturated rings. The summed E-state index contributed by atoms with van der Waals surface area (Å²) < 4.78 is 26.1. The predicted octanol–water partition coefficient (Wildman–Crippen LogP) is 1.76. The van der Waals surface area contributed by atoms with Gasteiger partial charge >= 0.3 is 0 Å². The molecule has 1 rings (SSSR count). The van der Waals surface area contributed by atoms with Gasteiger partial charge in [0.25, 0.3) is 0 Å². The van der Waals surface area contributed by atoms with E-state index >= 15 is 0 Å². The lowest BCUT2D eigenvalue weighted by atomic mass is 10.4. The zero-order valence-electron chi connectivity index (χ0n) is 8.11. The maximum absolute atomic E-state index is 11.7. The molecule has 1 aromatic carbocycles. The van der Waals surface area contributed by atoms with Crippen molar-refractivity contribution in [3.05, 3.63) is 27.7 Å². The topological polar surface area (TPSA) is 72.2 Å².